The minimum absolute atomic E-state index is 0.291. The Bertz CT molecular complexity index is 415. The smallest absolute Gasteiger partial charge is 0.320 e. The van der Waals surface area contributed by atoms with Crippen molar-refractivity contribution in [1.29, 1.82) is 0 Å². The third-order valence-corrected chi connectivity index (χ3v) is 2.16. The maximum absolute atomic E-state index is 10.6. The molecule has 0 saturated carbocycles. The minimum atomic E-state index is -1.00. The number of carboxylic acid groups (broad SMARTS) is 1. The van der Waals surface area contributed by atoms with E-state index in [1.165, 1.54) is 0 Å². The summed E-state index contributed by atoms with van der Waals surface area (Å²) in [6.45, 7) is 6.07. The average molecular weight is 235 g/mol. The van der Waals surface area contributed by atoms with E-state index in [-0.39, 0.29) is 0 Å². The molecule has 4 heteroatoms. The Kier molecular flexibility index (Phi) is 4.72. The molecule has 0 bridgehead atoms. The van der Waals surface area contributed by atoms with Crippen LogP contribution in [0.15, 0.2) is 36.4 Å². The molecule has 0 aromatic heterocycles. The van der Waals surface area contributed by atoms with Crippen LogP contribution in [0.2, 0.25) is 0 Å². The Morgan fingerprint density at radius 3 is 2.88 bits per heavy atom. The fourth-order valence-corrected chi connectivity index (χ4v) is 1.31. The summed E-state index contributed by atoms with van der Waals surface area (Å²) in [5, 5.41) is 8.72. The molecule has 1 unspecified atom stereocenters. The molecule has 0 amide bonds. The van der Waals surface area contributed by atoms with Gasteiger partial charge in [-0.05, 0) is 36.6 Å². The lowest BCUT2D eigenvalue weighted by Gasteiger charge is -2.09. The molecule has 0 heterocycles. The number of aliphatic carboxylic acids is 1. The first-order valence-electron chi connectivity index (χ1n) is 5.33. The number of hydrogen-bond acceptors (Lipinski definition) is 3. The number of rotatable bonds is 6. The third-order valence-electron chi connectivity index (χ3n) is 2.16. The number of nitrogens with two attached hydrogens (primary N) is 1. The second-order valence-corrected chi connectivity index (χ2v) is 4.04. The Hall–Kier alpha value is -1.81. The highest BCUT2D eigenvalue weighted by Crippen LogP contribution is 2.15. The zero-order chi connectivity index (χ0) is 12.8. The van der Waals surface area contributed by atoms with E-state index in [9.17, 15) is 4.79 Å². The molecule has 92 valence electrons. The SMILES string of the molecule is C=C(C)COc1cccc(CC(N)C(=O)O)c1. The highest BCUT2D eigenvalue weighted by Gasteiger charge is 2.12. The summed E-state index contributed by atoms with van der Waals surface area (Å²) in [5.74, 6) is -0.304. The monoisotopic (exact) mass is 235 g/mol. The van der Waals surface area contributed by atoms with Crippen LogP contribution in [0.4, 0.5) is 0 Å². The summed E-state index contributed by atoms with van der Waals surface area (Å²) in [7, 11) is 0. The van der Waals surface area contributed by atoms with Crippen molar-refractivity contribution in [3.8, 4) is 5.75 Å². The lowest BCUT2D eigenvalue weighted by Crippen LogP contribution is -2.32. The van der Waals surface area contributed by atoms with Gasteiger partial charge in [0.15, 0.2) is 0 Å². The van der Waals surface area contributed by atoms with Crippen LogP contribution in [0.1, 0.15) is 12.5 Å². The molecule has 17 heavy (non-hydrogen) atoms. The van der Waals surface area contributed by atoms with Crippen LogP contribution in [-0.2, 0) is 11.2 Å². The van der Waals surface area contributed by atoms with Gasteiger partial charge in [0.25, 0.3) is 0 Å². The summed E-state index contributed by atoms with van der Waals surface area (Å²) in [6.07, 6.45) is 0.291. The summed E-state index contributed by atoms with van der Waals surface area (Å²) >= 11 is 0. The van der Waals surface area contributed by atoms with Crippen molar-refractivity contribution in [2.75, 3.05) is 6.61 Å². The van der Waals surface area contributed by atoms with E-state index >= 15 is 0 Å². The number of hydrogen-bond donors (Lipinski definition) is 2. The van der Waals surface area contributed by atoms with Gasteiger partial charge in [0, 0.05) is 0 Å². The van der Waals surface area contributed by atoms with Gasteiger partial charge in [0.1, 0.15) is 18.4 Å². The van der Waals surface area contributed by atoms with Crippen molar-refractivity contribution < 1.29 is 14.6 Å². The van der Waals surface area contributed by atoms with E-state index in [4.69, 9.17) is 15.6 Å². The van der Waals surface area contributed by atoms with Gasteiger partial charge in [-0.25, -0.2) is 0 Å². The van der Waals surface area contributed by atoms with E-state index in [0.717, 1.165) is 11.1 Å². The zero-order valence-electron chi connectivity index (χ0n) is 9.85. The number of benzene rings is 1. The predicted molar refractivity (Wildman–Crippen MR) is 66.1 cm³/mol. The molecular formula is C13H17NO3. The Morgan fingerprint density at radius 1 is 1.59 bits per heavy atom. The fourth-order valence-electron chi connectivity index (χ4n) is 1.31. The molecule has 1 aromatic rings. The van der Waals surface area contributed by atoms with Crippen molar-refractivity contribution in [2.24, 2.45) is 5.73 Å². The van der Waals surface area contributed by atoms with Crippen LogP contribution in [0.5, 0.6) is 5.75 Å². The molecule has 3 N–H and O–H groups in total. The molecule has 0 aliphatic rings. The first-order chi connectivity index (χ1) is 7.99. The van der Waals surface area contributed by atoms with Gasteiger partial charge in [-0.3, -0.25) is 4.79 Å². The molecule has 0 saturated heterocycles. The quantitative estimate of drug-likeness (QED) is 0.734. The molecule has 0 fully saturated rings. The van der Waals surface area contributed by atoms with Crippen molar-refractivity contribution >= 4 is 5.97 Å². The highest BCUT2D eigenvalue weighted by atomic mass is 16.5. The van der Waals surface area contributed by atoms with Gasteiger partial charge in [0.2, 0.25) is 0 Å². The van der Waals surface area contributed by atoms with Gasteiger partial charge < -0.3 is 15.6 Å². The summed E-state index contributed by atoms with van der Waals surface area (Å²) in [6, 6.07) is 6.38. The maximum Gasteiger partial charge on any atom is 0.320 e. The van der Waals surface area contributed by atoms with Crippen LogP contribution in [0.25, 0.3) is 0 Å². The molecule has 1 rings (SSSR count). The molecule has 0 spiro atoms. The molecule has 4 nitrogen and oxygen atoms in total. The Balaban J connectivity index is 2.65. The summed E-state index contributed by atoms with van der Waals surface area (Å²) in [4.78, 5) is 10.6. The van der Waals surface area contributed by atoms with E-state index in [2.05, 4.69) is 6.58 Å². The van der Waals surface area contributed by atoms with Gasteiger partial charge >= 0.3 is 5.97 Å². The molecule has 1 aromatic carbocycles. The van der Waals surface area contributed by atoms with Crippen molar-refractivity contribution in [1.82, 2.24) is 0 Å². The molecule has 1 atom stereocenters. The Morgan fingerprint density at radius 2 is 2.29 bits per heavy atom. The molecule has 0 aliphatic carbocycles. The minimum Gasteiger partial charge on any atom is -0.489 e. The molecular weight excluding hydrogens is 218 g/mol. The van der Waals surface area contributed by atoms with E-state index in [0.29, 0.717) is 18.8 Å². The highest BCUT2D eigenvalue weighted by molar-refractivity contribution is 5.73. The van der Waals surface area contributed by atoms with Gasteiger partial charge in [-0.1, -0.05) is 18.7 Å². The van der Waals surface area contributed by atoms with Crippen molar-refractivity contribution in [3.05, 3.63) is 42.0 Å². The number of ether oxygens (including phenoxy) is 1. The topological polar surface area (TPSA) is 72.5 Å². The van der Waals surface area contributed by atoms with Crippen LogP contribution < -0.4 is 10.5 Å². The van der Waals surface area contributed by atoms with E-state index < -0.39 is 12.0 Å². The normalized spacial score (nSPS) is 11.9. The number of carbonyl (C=O) groups is 1. The van der Waals surface area contributed by atoms with Gasteiger partial charge in [-0.15, -0.1) is 0 Å². The van der Waals surface area contributed by atoms with E-state index in [1.807, 2.05) is 25.1 Å². The summed E-state index contributed by atoms with van der Waals surface area (Å²) < 4.78 is 5.46. The standard InChI is InChI=1S/C13H17NO3/c1-9(2)8-17-11-5-3-4-10(6-11)7-12(14)13(15)16/h3-6,12H,1,7-8,14H2,2H3,(H,15,16). The summed E-state index contributed by atoms with van der Waals surface area (Å²) in [5.41, 5.74) is 7.24. The van der Waals surface area contributed by atoms with E-state index in [1.54, 1.807) is 6.07 Å². The maximum atomic E-state index is 10.6. The fraction of sp³-hybridized carbons (Fsp3) is 0.308. The zero-order valence-corrected chi connectivity index (χ0v) is 9.85. The third kappa shape index (κ3) is 4.70. The van der Waals surface area contributed by atoms with Crippen molar-refractivity contribution in [3.63, 3.8) is 0 Å². The predicted octanol–water partition coefficient (Wildman–Crippen LogP) is 1.60. The second kappa shape index (κ2) is 6.06. The van der Waals surface area contributed by atoms with Crippen LogP contribution in [0.3, 0.4) is 0 Å². The van der Waals surface area contributed by atoms with Crippen LogP contribution in [0, 0.1) is 0 Å². The lowest BCUT2D eigenvalue weighted by molar-refractivity contribution is -0.138. The first-order valence-corrected chi connectivity index (χ1v) is 5.33. The largest absolute Gasteiger partial charge is 0.489 e. The Labute approximate surface area is 101 Å². The molecule has 0 radical (unpaired) electrons. The van der Waals surface area contributed by atoms with Crippen molar-refractivity contribution in [2.45, 2.75) is 19.4 Å². The van der Waals surface area contributed by atoms with Crippen LogP contribution >= 0.6 is 0 Å². The lowest BCUT2D eigenvalue weighted by atomic mass is 10.1. The first kappa shape index (κ1) is 13.3. The average Bonchev–Trinajstić information content (AvgIpc) is 2.26. The van der Waals surface area contributed by atoms with Gasteiger partial charge in [0.05, 0.1) is 0 Å². The van der Waals surface area contributed by atoms with Gasteiger partial charge in [-0.2, -0.15) is 0 Å². The molecule has 0 aliphatic heterocycles. The van der Waals surface area contributed by atoms with Crippen LogP contribution in [-0.4, -0.2) is 23.7 Å². The number of carboxylic acids is 1. The second-order valence-electron chi connectivity index (χ2n) is 4.04.